The molecule has 0 radical (unpaired) electrons. The van der Waals surface area contributed by atoms with Gasteiger partial charge in [0.2, 0.25) is 0 Å². The Balaban J connectivity index is 2.90. The van der Waals surface area contributed by atoms with E-state index in [0.29, 0.717) is 19.6 Å². The summed E-state index contributed by atoms with van der Waals surface area (Å²) in [7, 11) is 2.94. The quantitative estimate of drug-likeness (QED) is 0.657. The minimum Gasteiger partial charge on any atom is -0.464 e. The first-order valence-electron chi connectivity index (χ1n) is 4.74. The van der Waals surface area contributed by atoms with Crippen LogP contribution in [0.2, 0.25) is 0 Å². The third-order valence-corrected chi connectivity index (χ3v) is 2.06. The third-order valence-electron chi connectivity index (χ3n) is 2.06. The lowest BCUT2D eigenvalue weighted by atomic mass is 10.2. The first-order chi connectivity index (χ1) is 7.24. The van der Waals surface area contributed by atoms with Gasteiger partial charge in [0.15, 0.2) is 5.69 Å². The van der Waals surface area contributed by atoms with Crippen molar-refractivity contribution in [3.8, 4) is 0 Å². The number of carbonyl (C=O) groups excluding carboxylic acids is 1. The predicted molar refractivity (Wildman–Crippen MR) is 52.6 cm³/mol. The van der Waals surface area contributed by atoms with Gasteiger partial charge in [0.1, 0.15) is 0 Å². The number of rotatable bonds is 5. The number of aromatic nitrogens is 3. The van der Waals surface area contributed by atoms with Gasteiger partial charge in [-0.25, -0.2) is 9.48 Å². The molecular weight excluding hydrogens is 198 g/mol. The van der Waals surface area contributed by atoms with Gasteiger partial charge in [0.25, 0.3) is 0 Å². The van der Waals surface area contributed by atoms with Gasteiger partial charge in [0, 0.05) is 7.11 Å². The number of ether oxygens (including phenoxy) is 2. The second-order valence-corrected chi connectivity index (χ2v) is 2.95. The molecule has 84 valence electrons. The van der Waals surface area contributed by atoms with E-state index in [1.165, 1.54) is 7.11 Å². The lowest BCUT2D eigenvalue weighted by molar-refractivity contribution is 0.0592. The van der Waals surface area contributed by atoms with Gasteiger partial charge in [-0.3, -0.25) is 0 Å². The molecule has 0 bridgehead atoms. The Morgan fingerprint density at radius 3 is 2.73 bits per heavy atom. The summed E-state index contributed by atoms with van der Waals surface area (Å²) < 4.78 is 11.2. The SMILES string of the molecule is CCc1c(C(=O)OC)nnn1CCOC. The lowest BCUT2D eigenvalue weighted by Gasteiger charge is -2.04. The van der Waals surface area contributed by atoms with Gasteiger partial charge >= 0.3 is 5.97 Å². The topological polar surface area (TPSA) is 66.2 Å². The summed E-state index contributed by atoms with van der Waals surface area (Å²) in [6, 6.07) is 0. The van der Waals surface area contributed by atoms with E-state index in [-0.39, 0.29) is 5.69 Å². The van der Waals surface area contributed by atoms with Gasteiger partial charge in [-0.2, -0.15) is 0 Å². The van der Waals surface area contributed by atoms with Crippen molar-refractivity contribution in [2.45, 2.75) is 19.9 Å². The highest BCUT2D eigenvalue weighted by atomic mass is 16.5. The van der Waals surface area contributed by atoms with E-state index in [4.69, 9.17) is 4.74 Å². The van der Waals surface area contributed by atoms with Crippen molar-refractivity contribution >= 4 is 5.97 Å². The molecule has 1 rings (SSSR count). The minimum absolute atomic E-state index is 0.288. The molecule has 6 heteroatoms. The molecular formula is C9H15N3O3. The van der Waals surface area contributed by atoms with Crippen LogP contribution in [0.3, 0.4) is 0 Å². The number of hydrogen-bond donors (Lipinski definition) is 0. The van der Waals surface area contributed by atoms with Crippen LogP contribution in [-0.4, -0.2) is 41.8 Å². The molecule has 0 unspecified atom stereocenters. The molecule has 0 aliphatic rings. The minimum atomic E-state index is -0.449. The van der Waals surface area contributed by atoms with Crippen LogP contribution in [0.5, 0.6) is 0 Å². The third kappa shape index (κ3) is 2.53. The van der Waals surface area contributed by atoms with Crippen LogP contribution in [0.4, 0.5) is 0 Å². The zero-order valence-electron chi connectivity index (χ0n) is 9.19. The fraction of sp³-hybridized carbons (Fsp3) is 0.667. The van der Waals surface area contributed by atoms with E-state index in [1.807, 2.05) is 6.92 Å². The second kappa shape index (κ2) is 5.45. The summed E-state index contributed by atoms with van der Waals surface area (Å²) in [5.41, 5.74) is 1.06. The fourth-order valence-electron chi connectivity index (χ4n) is 1.30. The molecule has 0 atom stereocenters. The summed E-state index contributed by atoms with van der Waals surface area (Å²) in [6.07, 6.45) is 0.682. The maximum absolute atomic E-state index is 11.3. The van der Waals surface area contributed by atoms with Crippen molar-refractivity contribution in [1.82, 2.24) is 15.0 Å². The van der Waals surface area contributed by atoms with Crippen molar-refractivity contribution in [2.24, 2.45) is 0 Å². The molecule has 0 amide bonds. The van der Waals surface area contributed by atoms with E-state index in [1.54, 1.807) is 11.8 Å². The molecule has 6 nitrogen and oxygen atoms in total. The van der Waals surface area contributed by atoms with Gasteiger partial charge in [-0.05, 0) is 6.42 Å². The molecule has 0 spiro atoms. The average Bonchev–Trinajstić information content (AvgIpc) is 2.67. The number of nitrogens with zero attached hydrogens (tertiary/aromatic N) is 3. The van der Waals surface area contributed by atoms with E-state index < -0.39 is 5.97 Å². The Bertz CT molecular complexity index is 335. The normalized spacial score (nSPS) is 10.3. The van der Waals surface area contributed by atoms with Crippen LogP contribution in [0.15, 0.2) is 0 Å². The second-order valence-electron chi connectivity index (χ2n) is 2.95. The highest BCUT2D eigenvalue weighted by Gasteiger charge is 2.18. The fourth-order valence-corrected chi connectivity index (χ4v) is 1.30. The largest absolute Gasteiger partial charge is 0.464 e. The highest BCUT2D eigenvalue weighted by Crippen LogP contribution is 2.07. The van der Waals surface area contributed by atoms with Crippen molar-refractivity contribution in [3.05, 3.63) is 11.4 Å². The molecule has 1 aromatic heterocycles. The molecule has 0 saturated heterocycles. The molecule has 1 heterocycles. The molecule has 15 heavy (non-hydrogen) atoms. The van der Waals surface area contributed by atoms with Crippen LogP contribution >= 0.6 is 0 Å². The van der Waals surface area contributed by atoms with Gasteiger partial charge in [-0.15, -0.1) is 5.10 Å². The van der Waals surface area contributed by atoms with Crippen molar-refractivity contribution < 1.29 is 14.3 Å². The summed E-state index contributed by atoms with van der Waals surface area (Å²) in [6.45, 7) is 3.06. The molecule has 0 N–H and O–H groups in total. The van der Waals surface area contributed by atoms with Gasteiger partial charge in [0.05, 0.1) is 26.0 Å². The first-order valence-corrected chi connectivity index (χ1v) is 4.74. The smallest absolute Gasteiger partial charge is 0.360 e. The van der Waals surface area contributed by atoms with Crippen LogP contribution in [0.1, 0.15) is 23.1 Å². The molecule has 0 aromatic carbocycles. The molecule has 0 fully saturated rings. The maximum atomic E-state index is 11.3. The summed E-state index contributed by atoms with van der Waals surface area (Å²) >= 11 is 0. The van der Waals surface area contributed by atoms with E-state index >= 15 is 0 Å². The number of esters is 1. The zero-order valence-corrected chi connectivity index (χ0v) is 9.19. The lowest BCUT2D eigenvalue weighted by Crippen LogP contribution is -2.11. The Kier molecular flexibility index (Phi) is 4.23. The molecule has 0 saturated carbocycles. The Morgan fingerprint density at radius 1 is 1.47 bits per heavy atom. The van der Waals surface area contributed by atoms with Crippen LogP contribution in [0, 0.1) is 0 Å². The highest BCUT2D eigenvalue weighted by molar-refractivity contribution is 5.88. The van der Waals surface area contributed by atoms with Crippen LogP contribution in [-0.2, 0) is 22.4 Å². The predicted octanol–water partition coefficient (Wildman–Crippen LogP) is 0.273. The van der Waals surface area contributed by atoms with E-state index in [0.717, 1.165) is 5.69 Å². The Labute approximate surface area is 88.2 Å². The number of hydrogen-bond acceptors (Lipinski definition) is 5. The van der Waals surface area contributed by atoms with Crippen LogP contribution in [0.25, 0.3) is 0 Å². The molecule has 1 aromatic rings. The Hall–Kier alpha value is -1.43. The molecule has 0 aliphatic heterocycles. The number of methoxy groups -OCH3 is 2. The monoisotopic (exact) mass is 213 g/mol. The maximum Gasteiger partial charge on any atom is 0.360 e. The van der Waals surface area contributed by atoms with Crippen molar-refractivity contribution in [1.29, 1.82) is 0 Å². The van der Waals surface area contributed by atoms with Gasteiger partial charge in [-0.1, -0.05) is 12.1 Å². The Morgan fingerprint density at radius 2 is 2.20 bits per heavy atom. The summed E-state index contributed by atoms with van der Waals surface area (Å²) in [5, 5.41) is 7.67. The van der Waals surface area contributed by atoms with Crippen molar-refractivity contribution in [2.75, 3.05) is 20.8 Å². The zero-order chi connectivity index (χ0) is 11.3. The van der Waals surface area contributed by atoms with E-state index in [9.17, 15) is 4.79 Å². The van der Waals surface area contributed by atoms with Crippen LogP contribution < -0.4 is 0 Å². The first kappa shape index (κ1) is 11.6. The van der Waals surface area contributed by atoms with Crippen molar-refractivity contribution in [3.63, 3.8) is 0 Å². The average molecular weight is 213 g/mol. The van der Waals surface area contributed by atoms with Gasteiger partial charge < -0.3 is 9.47 Å². The number of carbonyl (C=O) groups is 1. The molecule has 0 aliphatic carbocycles. The standard InChI is InChI=1S/C9H15N3O3/c1-4-7-8(9(13)15-3)10-11-12(7)5-6-14-2/h4-6H2,1-3H3. The summed E-state index contributed by atoms with van der Waals surface area (Å²) in [4.78, 5) is 11.3. The van der Waals surface area contributed by atoms with E-state index in [2.05, 4.69) is 15.0 Å². The summed E-state index contributed by atoms with van der Waals surface area (Å²) in [5.74, 6) is -0.449.